The molecule has 0 aliphatic carbocycles. The topological polar surface area (TPSA) is 59.7 Å². The summed E-state index contributed by atoms with van der Waals surface area (Å²) < 4.78 is 6.43. The fourth-order valence-electron chi connectivity index (χ4n) is 2.76. The summed E-state index contributed by atoms with van der Waals surface area (Å²) in [6, 6.07) is 3.49. The highest BCUT2D eigenvalue weighted by molar-refractivity contribution is 5.95. The number of methoxy groups -OCH3 is 1. The first-order valence-electron chi connectivity index (χ1n) is 6.78. The first-order valence-corrected chi connectivity index (χ1v) is 6.78. The van der Waals surface area contributed by atoms with Gasteiger partial charge < -0.3 is 9.64 Å². The average Bonchev–Trinajstić information content (AvgIpc) is 3.03. The van der Waals surface area contributed by atoms with Crippen molar-refractivity contribution in [3.05, 3.63) is 29.7 Å². The highest BCUT2D eigenvalue weighted by Crippen LogP contribution is 2.19. The maximum absolute atomic E-state index is 11.7. The van der Waals surface area contributed by atoms with Gasteiger partial charge in [0.05, 0.1) is 7.11 Å². The minimum Gasteiger partial charge on any atom is -0.465 e. The molecular weight excluding hydrogens is 256 g/mol. The molecule has 20 heavy (non-hydrogen) atoms. The molecule has 6 heteroatoms. The van der Waals surface area contributed by atoms with Crippen LogP contribution in [0.15, 0.2) is 18.3 Å². The molecule has 1 aliphatic rings. The minimum atomic E-state index is -0.379. The van der Waals surface area contributed by atoms with Crippen LogP contribution in [0.3, 0.4) is 0 Å². The lowest BCUT2D eigenvalue weighted by atomic mass is 10.1. The van der Waals surface area contributed by atoms with Gasteiger partial charge in [0.1, 0.15) is 5.56 Å². The largest absolute Gasteiger partial charge is 0.465 e. The Bertz CT molecular complexity index is 637. The van der Waals surface area contributed by atoms with E-state index in [4.69, 9.17) is 4.74 Å². The summed E-state index contributed by atoms with van der Waals surface area (Å²) in [5, 5.41) is 4.46. The van der Waals surface area contributed by atoms with E-state index >= 15 is 0 Å². The van der Waals surface area contributed by atoms with Gasteiger partial charge in [0.15, 0.2) is 11.5 Å². The summed E-state index contributed by atoms with van der Waals surface area (Å²) in [4.78, 5) is 18.5. The van der Waals surface area contributed by atoms with Crippen molar-refractivity contribution >= 4 is 11.6 Å². The van der Waals surface area contributed by atoms with Gasteiger partial charge in [-0.25, -0.2) is 14.3 Å². The third-order valence-corrected chi connectivity index (χ3v) is 3.77. The number of hydrogen-bond donors (Lipinski definition) is 0. The van der Waals surface area contributed by atoms with Crippen LogP contribution < -0.4 is 0 Å². The summed E-state index contributed by atoms with van der Waals surface area (Å²) in [6.07, 6.45) is 3.83. The number of esters is 1. The molecule has 106 valence electrons. The maximum Gasteiger partial charge on any atom is 0.341 e. The van der Waals surface area contributed by atoms with Crippen molar-refractivity contribution in [3.8, 4) is 0 Å². The van der Waals surface area contributed by atoms with Crippen molar-refractivity contribution in [2.24, 2.45) is 5.92 Å². The van der Waals surface area contributed by atoms with Crippen molar-refractivity contribution in [1.82, 2.24) is 19.5 Å². The van der Waals surface area contributed by atoms with Crippen LogP contribution in [0, 0.1) is 5.92 Å². The maximum atomic E-state index is 11.7. The van der Waals surface area contributed by atoms with Gasteiger partial charge in [-0.1, -0.05) is 0 Å². The van der Waals surface area contributed by atoms with Gasteiger partial charge in [-0.05, 0) is 38.1 Å². The van der Waals surface area contributed by atoms with Crippen molar-refractivity contribution < 1.29 is 9.53 Å². The van der Waals surface area contributed by atoms with Gasteiger partial charge in [-0.2, -0.15) is 5.10 Å². The van der Waals surface area contributed by atoms with Crippen molar-refractivity contribution in [2.75, 3.05) is 27.2 Å². The molecule has 6 nitrogen and oxygen atoms in total. The van der Waals surface area contributed by atoms with Crippen molar-refractivity contribution in [1.29, 1.82) is 0 Å². The van der Waals surface area contributed by atoms with Crippen LogP contribution in [-0.2, 0) is 11.2 Å². The lowest BCUT2D eigenvalue weighted by molar-refractivity contribution is 0.0602. The Morgan fingerprint density at radius 2 is 2.40 bits per heavy atom. The number of carbonyl (C=O) groups excluding carboxylic acids is 1. The third kappa shape index (κ3) is 2.38. The molecule has 0 spiro atoms. The molecule has 3 heterocycles. The summed E-state index contributed by atoms with van der Waals surface area (Å²) >= 11 is 0. The summed E-state index contributed by atoms with van der Waals surface area (Å²) in [7, 11) is 3.50. The zero-order chi connectivity index (χ0) is 14.1. The Morgan fingerprint density at radius 3 is 3.10 bits per heavy atom. The third-order valence-electron chi connectivity index (χ3n) is 3.77. The molecule has 1 unspecified atom stereocenters. The van der Waals surface area contributed by atoms with Crippen LogP contribution in [-0.4, -0.2) is 52.7 Å². The number of ether oxygens (including phenoxy) is 1. The SMILES string of the molecule is COC(=O)c1cccn2nc(CC3CCN(C)C3)nc12. The van der Waals surface area contributed by atoms with Crippen molar-refractivity contribution in [3.63, 3.8) is 0 Å². The molecule has 0 amide bonds. The predicted octanol–water partition coefficient (Wildman–Crippen LogP) is 1.01. The van der Waals surface area contributed by atoms with E-state index in [1.807, 2.05) is 0 Å². The first-order chi connectivity index (χ1) is 9.67. The fourth-order valence-corrected chi connectivity index (χ4v) is 2.76. The molecule has 0 saturated carbocycles. The van der Waals surface area contributed by atoms with Crippen LogP contribution in [0.25, 0.3) is 5.65 Å². The average molecular weight is 274 g/mol. The fraction of sp³-hybridized carbons (Fsp3) is 0.500. The molecule has 0 aromatic carbocycles. The highest BCUT2D eigenvalue weighted by atomic mass is 16.5. The molecule has 0 bridgehead atoms. The monoisotopic (exact) mass is 274 g/mol. The Hall–Kier alpha value is -1.95. The highest BCUT2D eigenvalue weighted by Gasteiger charge is 2.22. The normalized spacial score (nSPS) is 19.6. The Labute approximate surface area is 117 Å². The molecule has 1 aliphatic heterocycles. The van der Waals surface area contributed by atoms with Crippen LogP contribution in [0.2, 0.25) is 0 Å². The number of rotatable bonds is 3. The zero-order valence-electron chi connectivity index (χ0n) is 11.7. The van der Waals surface area contributed by atoms with E-state index in [-0.39, 0.29) is 5.97 Å². The molecule has 3 rings (SSSR count). The van der Waals surface area contributed by atoms with E-state index in [0.717, 1.165) is 25.3 Å². The number of likely N-dealkylation sites (tertiary alicyclic amines) is 1. The second kappa shape index (κ2) is 5.20. The van der Waals surface area contributed by atoms with Crippen LogP contribution in [0.1, 0.15) is 22.6 Å². The van der Waals surface area contributed by atoms with E-state index in [1.165, 1.54) is 13.5 Å². The number of hydrogen-bond acceptors (Lipinski definition) is 5. The summed E-state index contributed by atoms with van der Waals surface area (Å²) in [6.45, 7) is 2.21. The van der Waals surface area contributed by atoms with Gasteiger partial charge in [-0.3, -0.25) is 0 Å². The lowest BCUT2D eigenvalue weighted by Crippen LogP contribution is -2.15. The van der Waals surface area contributed by atoms with Crippen molar-refractivity contribution in [2.45, 2.75) is 12.8 Å². The molecule has 1 saturated heterocycles. The molecular formula is C14H18N4O2. The van der Waals surface area contributed by atoms with Crippen LogP contribution in [0.4, 0.5) is 0 Å². The summed E-state index contributed by atoms with van der Waals surface area (Å²) in [5.74, 6) is 1.01. The molecule has 0 N–H and O–H groups in total. The van der Waals surface area contributed by atoms with Crippen LogP contribution >= 0.6 is 0 Å². The second-order valence-corrected chi connectivity index (χ2v) is 5.33. The van der Waals surface area contributed by atoms with Gasteiger partial charge in [0.2, 0.25) is 0 Å². The molecule has 1 fully saturated rings. The second-order valence-electron chi connectivity index (χ2n) is 5.33. The van der Waals surface area contributed by atoms with Gasteiger partial charge in [0, 0.05) is 19.2 Å². The van der Waals surface area contributed by atoms with E-state index < -0.39 is 0 Å². The Morgan fingerprint density at radius 1 is 1.55 bits per heavy atom. The quantitative estimate of drug-likeness (QED) is 0.782. The van der Waals surface area contributed by atoms with E-state index in [0.29, 0.717) is 17.1 Å². The Kier molecular flexibility index (Phi) is 3.40. The van der Waals surface area contributed by atoms with E-state index in [2.05, 4.69) is 22.0 Å². The van der Waals surface area contributed by atoms with Crippen LogP contribution in [0.5, 0.6) is 0 Å². The zero-order valence-corrected chi connectivity index (χ0v) is 11.7. The minimum absolute atomic E-state index is 0.379. The predicted molar refractivity (Wildman–Crippen MR) is 73.6 cm³/mol. The molecule has 2 aromatic rings. The number of nitrogens with zero attached hydrogens (tertiary/aromatic N) is 4. The standard InChI is InChI=1S/C14H18N4O2/c1-17-7-5-10(9-17)8-12-15-13-11(14(19)20-2)4-3-6-18(13)16-12/h3-4,6,10H,5,7-9H2,1-2H3. The first kappa shape index (κ1) is 13.1. The van der Waals surface area contributed by atoms with Gasteiger partial charge in [-0.15, -0.1) is 0 Å². The Balaban J connectivity index is 1.88. The van der Waals surface area contributed by atoms with E-state index in [1.54, 1.807) is 22.8 Å². The smallest absolute Gasteiger partial charge is 0.341 e. The summed E-state index contributed by atoms with van der Waals surface area (Å²) in [5.41, 5.74) is 1.03. The van der Waals surface area contributed by atoms with Gasteiger partial charge in [0.25, 0.3) is 0 Å². The molecule has 2 aromatic heterocycles. The van der Waals surface area contributed by atoms with Gasteiger partial charge >= 0.3 is 5.97 Å². The number of fused-ring (bicyclic) bond motifs is 1. The number of aromatic nitrogens is 3. The number of carbonyl (C=O) groups is 1. The lowest BCUT2D eigenvalue weighted by Gasteiger charge is -2.07. The molecule has 1 atom stereocenters. The number of pyridine rings is 1. The molecule has 0 radical (unpaired) electrons. The van der Waals surface area contributed by atoms with E-state index in [9.17, 15) is 4.79 Å².